The number of methoxy groups -OCH3 is 1. The molecule has 2 rings (SSSR count). The van der Waals surface area contributed by atoms with E-state index in [1.807, 2.05) is 11.0 Å². The molecule has 0 radical (unpaired) electrons. The van der Waals surface area contributed by atoms with Crippen molar-refractivity contribution in [3.05, 3.63) is 35.9 Å². The Morgan fingerprint density at radius 1 is 1.35 bits per heavy atom. The molecule has 4 heteroatoms. The first-order chi connectivity index (χ1) is 9.61. The van der Waals surface area contributed by atoms with E-state index in [0.29, 0.717) is 5.92 Å². The third-order valence-electron chi connectivity index (χ3n) is 3.96. The first kappa shape index (κ1) is 14.9. The van der Waals surface area contributed by atoms with Crippen molar-refractivity contribution >= 4 is 6.03 Å². The Hall–Kier alpha value is -1.55. The maximum atomic E-state index is 12.1. The highest BCUT2D eigenvalue weighted by molar-refractivity contribution is 5.73. The molecule has 2 amide bonds. The molecular weight excluding hydrogens is 252 g/mol. The van der Waals surface area contributed by atoms with Gasteiger partial charge in [-0.25, -0.2) is 4.79 Å². The second kappa shape index (κ2) is 6.75. The van der Waals surface area contributed by atoms with Crippen LogP contribution in [0.5, 0.6) is 0 Å². The number of likely N-dealkylation sites (tertiary alicyclic amines) is 1. The van der Waals surface area contributed by atoms with E-state index in [1.165, 1.54) is 5.56 Å². The van der Waals surface area contributed by atoms with Crippen LogP contribution >= 0.6 is 0 Å². The number of urea groups is 1. The summed E-state index contributed by atoms with van der Waals surface area (Å²) < 4.78 is 5.61. The summed E-state index contributed by atoms with van der Waals surface area (Å²) in [5, 5.41) is 0. The van der Waals surface area contributed by atoms with Crippen molar-refractivity contribution in [1.82, 2.24) is 9.80 Å². The van der Waals surface area contributed by atoms with Crippen LogP contribution in [0.3, 0.4) is 0 Å². The Kier molecular flexibility index (Phi) is 5.01. The van der Waals surface area contributed by atoms with Gasteiger partial charge in [0, 0.05) is 40.2 Å². The first-order valence-corrected chi connectivity index (χ1v) is 7.14. The molecule has 1 heterocycles. The minimum atomic E-state index is 0.0950. The van der Waals surface area contributed by atoms with Crippen molar-refractivity contribution in [2.24, 2.45) is 5.92 Å². The monoisotopic (exact) mass is 276 g/mol. The maximum Gasteiger partial charge on any atom is 0.319 e. The Balaban J connectivity index is 2.05. The summed E-state index contributed by atoms with van der Waals surface area (Å²) in [7, 11) is 5.37. The van der Waals surface area contributed by atoms with Crippen molar-refractivity contribution in [2.75, 3.05) is 34.3 Å². The fourth-order valence-electron chi connectivity index (χ4n) is 2.89. The maximum absolute atomic E-state index is 12.1. The highest BCUT2D eigenvalue weighted by atomic mass is 16.5. The van der Waals surface area contributed by atoms with Gasteiger partial charge in [0.25, 0.3) is 0 Å². The van der Waals surface area contributed by atoms with Crippen LogP contribution in [-0.4, -0.2) is 56.2 Å². The zero-order valence-electron chi connectivity index (χ0n) is 12.6. The van der Waals surface area contributed by atoms with E-state index in [2.05, 4.69) is 24.3 Å². The summed E-state index contributed by atoms with van der Waals surface area (Å²) >= 11 is 0. The normalized spacial score (nSPS) is 22.6. The Morgan fingerprint density at radius 3 is 2.65 bits per heavy atom. The molecule has 1 aliphatic rings. The van der Waals surface area contributed by atoms with E-state index >= 15 is 0 Å². The average molecular weight is 276 g/mol. The van der Waals surface area contributed by atoms with Gasteiger partial charge < -0.3 is 14.5 Å². The SMILES string of the molecule is CO[C@@H]1CCN(C(=O)N(C)C)C[C@H]1Cc1ccccc1. The highest BCUT2D eigenvalue weighted by Crippen LogP contribution is 2.24. The lowest BCUT2D eigenvalue weighted by atomic mass is 9.88. The molecule has 0 aliphatic carbocycles. The summed E-state index contributed by atoms with van der Waals surface area (Å²) in [6.45, 7) is 1.55. The summed E-state index contributed by atoms with van der Waals surface area (Å²) in [5.41, 5.74) is 1.30. The fraction of sp³-hybridized carbons (Fsp3) is 0.562. The number of hydrogen-bond donors (Lipinski definition) is 0. The number of carbonyl (C=O) groups excluding carboxylic acids is 1. The molecule has 0 N–H and O–H groups in total. The van der Waals surface area contributed by atoms with Crippen LogP contribution < -0.4 is 0 Å². The molecule has 4 nitrogen and oxygen atoms in total. The van der Waals surface area contributed by atoms with Crippen LogP contribution in [0.1, 0.15) is 12.0 Å². The quantitative estimate of drug-likeness (QED) is 0.848. The molecule has 20 heavy (non-hydrogen) atoms. The van der Waals surface area contributed by atoms with E-state index < -0.39 is 0 Å². The number of carbonyl (C=O) groups is 1. The molecule has 2 atom stereocenters. The van der Waals surface area contributed by atoms with E-state index in [1.54, 1.807) is 26.1 Å². The third kappa shape index (κ3) is 3.51. The van der Waals surface area contributed by atoms with Gasteiger partial charge in [-0.2, -0.15) is 0 Å². The Bertz CT molecular complexity index is 433. The Morgan fingerprint density at radius 2 is 2.05 bits per heavy atom. The number of amides is 2. The topological polar surface area (TPSA) is 32.8 Å². The van der Waals surface area contributed by atoms with Gasteiger partial charge in [-0.1, -0.05) is 30.3 Å². The average Bonchev–Trinajstić information content (AvgIpc) is 2.47. The standard InChI is InChI=1S/C16H24N2O2/c1-17(2)16(19)18-10-9-15(20-3)14(12-18)11-13-7-5-4-6-8-13/h4-8,14-15H,9-12H2,1-3H3/t14-,15-/m1/s1. The van der Waals surface area contributed by atoms with Gasteiger partial charge in [0.2, 0.25) is 0 Å². The van der Waals surface area contributed by atoms with Crippen LogP contribution in [0.15, 0.2) is 30.3 Å². The molecule has 1 aromatic rings. The van der Waals surface area contributed by atoms with Gasteiger partial charge in [0.1, 0.15) is 0 Å². The van der Waals surface area contributed by atoms with Gasteiger partial charge in [-0.05, 0) is 18.4 Å². The largest absolute Gasteiger partial charge is 0.381 e. The molecule has 0 bridgehead atoms. The predicted molar refractivity (Wildman–Crippen MR) is 79.7 cm³/mol. The molecule has 0 saturated carbocycles. The van der Waals surface area contributed by atoms with E-state index in [-0.39, 0.29) is 12.1 Å². The van der Waals surface area contributed by atoms with Gasteiger partial charge >= 0.3 is 6.03 Å². The van der Waals surface area contributed by atoms with Gasteiger partial charge in [0.05, 0.1) is 6.10 Å². The first-order valence-electron chi connectivity index (χ1n) is 7.14. The highest BCUT2D eigenvalue weighted by Gasteiger charge is 2.32. The number of piperidine rings is 1. The summed E-state index contributed by atoms with van der Waals surface area (Å²) in [6, 6.07) is 10.5. The number of benzene rings is 1. The lowest BCUT2D eigenvalue weighted by Crippen LogP contribution is -2.50. The van der Waals surface area contributed by atoms with Crippen molar-refractivity contribution in [2.45, 2.75) is 18.9 Å². The van der Waals surface area contributed by atoms with Crippen LogP contribution in [-0.2, 0) is 11.2 Å². The van der Waals surface area contributed by atoms with E-state index in [4.69, 9.17) is 4.74 Å². The van der Waals surface area contributed by atoms with Crippen molar-refractivity contribution in [3.8, 4) is 0 Å². The van der Waals surface area contributed by atoms with Crippen LogP contribution in [0.4, 0.5) is 4.79 Å². The number of ether oxygens (including phenoxy) is 1. The Labute approximate surface area is 121 Å². The minimum absolute atomic E-state index is 0.0950. The van der Waals surface area contributed by atoms with Crippen LogP contribution in [0.2, 0.25) is 0 Å². The van der Waals surface area contributed by atoms with Gasteiger partial charge in [-0.3, -0.25) is 0 Å². The molecule has 0 aromatic heterocycles. The number of hydrogen-bond acceptors (Lipinski definition) is 2. The molecular formula is C16H24N2O2. The number of nitrogens with zero attached hydrogens (tertiary/aromatic N) is 2. The van der Waals surface area contributed by atoms with Crippen LogP contribution in [0.25, 0.3) is 0 Å². The summed E-state index contributed by atoms with van der Waals surface area (Å²) in [4.78, 5) is 15.7. The molecule has 1 fully saturated rings. The fourth-order valence-corrected chi connectivity index (χ4v) is 2.89. The van der Waals surface area contributed by atoms with Crippen LogP contribution in [0, 0.1) is 5.92 Å². The lowest BCUT2D eigenvalue weighted by molar-refractivity contribution is 0.00136. The second-order valence-electron chi connectivity index (χ2n) is 5.64. The molecule has 0 unspecified atom stereocenters. The molecule has 0 spiro atoms. The van der Waals surface area contributed by atoms with Crippen molar-refractivity contribution < 1.29 is 9.53 Å². The van der Waals surface area contributed by atoms with E-state index in [0.717, 1.165) is 25.9 Å². The van der Waals surface area contributed by atoms with Gasteiger partial charge in [-0.15, -0.1) is 0 Å². The van der Waals surface area contributed by atoms with Gasteiger partial charge in [0.15, 0.2) is 0 Å². The predicted octanol–water partition coefficient (Wildman–Crippen LogP) is 2.25. The lowest BCUT2D eigenvalue weighted by Gasteiger charge is -2.39. The molecule has 1 aliphatic heterocycles. The minimum Gasteiger partial charge on any atom is -0.381 e. The molecule has 1 saturated heterocycles. The second-order valence-corrected chi connectivity index (χ2v) is 5.64. The smallest absolute Gasteiger partial charge is 0.319 e. The molecule has 1 aromatic carbocycles. The van der Waals surface area contributed by atoms with Crippen molar-refractivity contribution in [1.29, 1.82) is 0 Å². The summed E-state index contributed by atoms with van der Waals surface area (Å²) in [5.74, 6) is 0.361. The van der Waals surface area contributed by atoms with E-state index in [9.17, 15) is 4.79 Å². The summed E-state index contributed by atoms with van der Waals surface area (Å²) in [6.07, 6.45) is 2.10. The molecule has 110 valence electrons. The zero-order valence-corrected chi connectivity index (χ0v) is 12.6. The number of rotatable bonds is 3. The van der Waals surface area contributed by atoms with Crippen molar-refractivity contribution in [3.63, 3.8) is 0 Å². The zero-order chi connectivity index (χ0) is 14.5. The third-order valence-corrected chi connectivity index (χ3v) is 3.96.